The predicted octanol–water partition coefficient (Wildman–Crippen LogP) is 0.375. The van der Waals surface area contributed by atoms with E-state index in [4.69, 9.17) is 24.8 Å². The molecule has 2 rings (SSSR count). The fourth-order valence-corrected chi connectivity index (χ4v) is 2.47. The second-order valence-electron chi connectivity index (χ2n) is 4.27. The number of hydrogen-bond acceptors (Lipinski definition) is 2. The third-order valence-corrected chi connectivity index (χ3v) is 3.26. The van der Waals surface area contributed by atoms with Crippen molar-refractivity contribution in [3.63, 3.8) is 0 Å². The van der Waals surface area contributed by atoms with Gasteiger partial charge in [0.15, 0.2) is 0 Å². The van der Waals surface area contributed by atoms with E-state index < -0.39 is 0 Å². The van der Waals surface area contributed by atoms with Crippen molar-refractivity contribution in [2.24, 2.45) is 0 Å². The first-order valence-electron chi connectivity index (χ1n) is 5.73. The van der Waals surface area contributed by atoms with Crippen LogP contribution in [0, 0.1) is 0 Å². The Morgan fingerprint density at radius 1 is 0.947 bits per heavy atom. The van der Waals surface area contributed by atoms with E-state index in [1.807, 2.05) is 36.4 Å². The van der Waals surface area contributed by atoms with Gasteiger partial charge in [-0.25, -0.2) is 0 Å². The average molecular weight is 312 g/mol. The third-order valence-electron chi connectivity index (χ3n) is 3.05. The van der Waals surface area contributed by atoms with E-state index in [0.717, 1.165) is 11.1 Å². The van der Waals surface area contributed by atoms with Gasteiger partial charge in [-0.05, 0) is 18.1 Å². The largest absolute Gasteiger partial charge is 1.00 e. The van der Waals surface area contributed by atoms with Crippen molar-refractivity contribution in [3.8, 4) is 0 Å². The van der Waals surface area contributed by atoms with Gasteiger partial charge in [0.1, 0.15) is 0 Å². The summed E-state index contributed by atoms with van der Waals surface area (Å²) in [5.74, 6) is 0. The third kappa shape index (κ3) is 4.33. The summed E-state index contributed by atoms with van der Waals surface area (Å²) in [6, 6.07) is 20.4. The molecule has 0 saturated heterocycles. The predicted molar refractivity (Wildman–Crippen MR) is 82.4 cm³/mol. The van der Waals surface area contributed by atoms with Crippen LogP contribution in [0.2, 0.25) is 0 Å². The Hall–Kier alpha value is 0.186. The minimum absolute atomic E-state index is 0. The minimum atomic E-state index is -0.388. The Kier molecular flexibility index (Phi) is 7.11. The van der Waals surface area contributed by atoms with E-state index >= 15 is 0 Å². The Bertz CT molecular complexity index is 489. The topological polar surface area (TPSA) is 12.0 Å². The fraction of sp³-hybridized carbons (Fsp3) is 0.133. The zero-order valence-electron chi connectivity index (χ0n) is 11.1. The summed E-state index contributed by atoms with van der Waals surface area (Å²) in [4.78, 5) is 0. The van der Waals surface area contributed by atoms with Gasteiger partial charge in [-0.15, -0.1) is 0 Å². The number of thiocarbonyl (C=S) groups is 1. The van der Waals surface area contributed by atoms with E-state index in [1.165, 1.54) is 0 Å². The zero-order valence-corrected chi connectivity index (χ0v) is 15.8. The van der Waals surface area contributed by atoms with Crippen LogP contribution in [0.5, 0.6) is 0 Å². The van der Waals surface area contributed by atoms with Gasteiger partial charge in [0.2, 0.25) is 0 Å². The summed E-state index contributed by atoms with van der Waals surface area (Å²) in [7, 11) is 0. The molecule has 0 radical (unpaired) electrons. The van der Waals surface area contributed by atoms with Crippen molar-refractivity contribution in [2.75, 3.05) is 0 Å². The van der Waals surface area contributed by atoms with Gasteiger partial charge in [0, 0.05) is 0 Å². The molecule has 0 atom stereocenters. The molecule has 1 N–H and O–H groups in total. The fourth-order valence-electron chi connectivity index (χ4n) is 2.06. The van der Waals surface area contributed by atoms with Crippen LogP contribution < -0.4 is 56.7 Å². The summed E-state index contributed by atoms with van der Waals surface area (Å²) >= 11 is 10.1. The Labute approximate surface area is 168 Å². The Morgan fingerprint density at radius 2 is 1.32 bits per heavy atom. The van der Waals surface area contributed by atoms with Crippen molar-refractivity contribution in [1.82, 2.24) is 5.32 Å². The number of benzene rings is 2. The van der Waals surface area contributed by atoms with Crippen molar-refractivity contribution in [2.45, 2.75) is 12.5 Å². The number of hydrogen-bond donors (Lipinski definition) is 1. The standard InChI is InChI=1S/C15H15NS2.K/c1-15(16-14(17)18,12-8-4-2-5-9-12)13-10-6-3-7-11-13;/h2-11H,1H3,(H2,16,17,18);/q;+1/p-1. The maximum atomic E-state index is 5.05. The van der Waals surface area contributed by atoms with Crippen molar-refractivity contribution < 1.29 is 51.4 Å². The molecular weight excluding hydrogens is 297 g/mol. The second kappa shape index (κ2) is 7.83. The molecule has 0 saturated carbocycles. The molecule has 0 aliphatic carbocycles. The molecule has 0 bridgehead atoms. The molecule has 0 aromatic heterocycles. The summed E-state index contributed by atoms with van der Waals surface area (Å²) in [6.07, 6.45) is 0. The first kappa shape index (κ1) is 17.2. The van der Waals surface area contributed by atoms with Crippen LogP contribution in [0.15, 0.2) is 60.7 Å². The van der Waals surface area contributed by atoms with Crippen molar-refractivity contribution >= 4 is 29.2 Å². The molecule has 0 aliphatic heterocycles. The average Bonchev–Trinajstić information content (AvgIpc) is 2.40. The number of nitrogens with one attached hydrogen (secondary N) is 1. The summed E-state index contributed by atoms with van der Waals surface area (Å²) in [5.41, 5.74) is 1.90. The van der Waals surface area contributed by atoms with E-state index in [-0.39, 0.29) is 56.9 Å². The van der Waals surface area contributed by atoms with Crippen LogP contribution in [-0.4, -0.2) is 4.32 Å². The normalized spacial score (nSPS) is 10.4. The van der Waals surface area contributed by atoms with Crippen molar-refractivity contribution in [1.29, 1.82) is 0 Å². The van der Waals surface area contributed by atoms with Crippen molar-refractivity contribution in [3.05, 3.63) is 71.8 Å². The minimum Gasteiger partial charge on any atom is -0.412 e. The van der Waals surface area contributed by atoms with Crippen LogP contribution >= 0.6 is 12.2 Å². The van der Waals surface area contributed by atoms with Gasteiger partial charge in [0.05, 0.1) is 5.54 Å². The molecule has 0 heterocycles. The van der Waals surface area contributed by atoms with Crippen LogP contribution in [0.3, 0.4) is 0 Å². The first-order chi connectivity index (χ1) is 8.63. The molecule has 0 fully saturated rings. The molecule has 19 heavy (non-hydrogen) atoms. The molecule has 0 unspecified atom stereocenters. The van der Waals surface area contributed by atoms with E-state index in [9.17, 15) is 0 Å². The molecule has 4 heteroatoms. The van der Waals surface area contributed by atoms with Gasteiger partial charge >= 0.3 is 51.4 Å². The first-order valence-corrected chi connectivity index (χ1v) is 6.55. The van der Waals surface area contributed by atoms with Gasteiger partial charge in [0.25, 0.3) is 0 Å². The summed E-state index contributed by atoms with van der Waals surface area (Å²) < 4.78 is 0.380. The number of rotatable bonds is 3. The molecule has 0 spiro atoms. The van der Waals surface area contributed by atoms with Gasteiger partial charge < -0.3 is 30.2 Å². The Morgan fingerprint density at radius 3 is 1.63 bits per heavy atom. The maximum Gasteiger partial charge on any atom is 1.00 e. The smallest absolute Gasteiger partial charge is 0.412 e. The molecular formula is C15H14KNS2. The zero-order chi connectivity index (χ0) is 13.0. The van der Waals surface area contributed by atoms with Gasteiger partial charge in [-0.2, -0.15) is 0 Å². The molecule has 92 valence electrons. The van der Waals surface area contributed by atoms with Crippen LogP contribution in [0.25, 0.3) is 0 Å². The Balaban J connectivity index is 0.00000180. The SMILES string of the molecule is CC(NC(=S)[S-])(c1ccccc1)c1ccccc1.[K+]. The van der Waals surface area contributed by atoms with Crippen LogP contribution in [0.4, 0.5) is 0 Å². The van der Waals surface area contributed by atoms with E-state index in [2.05, 4.69) is 36.5 Å². The molecule has 0 aliphatic rings. The van der Waals surface area contributed by atoms with Gasteiger partial charge in [-0.1, -0.05) is 65.0 Å². The van der Waals surface area contributed by atoms with Gasteiger partial charge in [-0.3, -0.25) is 0 Å². The maximum absolute atomic E-state index is 5.05. The molecule has 0 amide bonds. The summed E-state index contributed by atoms with van der Waals surface area (Å²) in [6.45, 7) is 2.09. The summed E-state index contributed by atoms with van der Waals surface area (Å²) in [5, 5.41) is 3.24. The van der Waals surface area contributed by atoms with E-state index in [1.54, 1.807) is 0 Å². The monoisotopic (exact) mass is 311 g/mol. The molecule has 2 aromatic rings. The quantitative estimate of drug-likeness (QED) is 0.500. The molecule has 1 nitrogen and oxygen atoms in total. The second-order valence-corrected chi connectivity index (χ2v) is 5.34. The van der Waals surface area contributed by atoms with Crippen LogP contribution in [-0.2, 0) is 18.2 Å². The van der Waals surface area contributed by atoms with Crippen LogP contribution in [0.1, 0.15) is 18.1 Å². The molecule has 2 aromatic carbocycles. The van der Waals surface area contributed by atoms with E-state index in [0.29, 0.717) is 4.32 Å².